The molecule has 0 bridgehead atoms. The minimum absolute atomic E-state index is 0.350. The van der Waals surface area contributed by atoms with Crippen molar-refractivity contribution in [1.29, 1.82) is 0 Å². The summed E-state index contributed by atoms with van der Waals surface area (Å²) in [7, 11) is 0. The SMILES string of the molecule is CC(C)CCNC(O)CCCc1ccccc1. The molecule has 2 N–H and O–H groups in total. The first-order chi connectivity index (χ1) is 8.18. The Morgan fingerprint density at radius 1 is 1.12 bits per heavy atom. The van der Waals surface area contributed by atoms with Gasteiger partial charge in [0, 0.05) is 0 Å². The Morgan fingerprint density at radius 2 is 1.82 bits per heavy atom. The van der Waals surface area contributed by atoms with Gasteiger partial charge in [0.1, 0.15) is 6.23 Å². The molecule has 0 amide bonds. The van der Waals surface area contributed by atoms with Crippen molar-refractivity contribution in [3.63, 3.8) is 0 Å². The van der Waals surface area contributed by atoms with Crippen LogP contribution in [0.1, 0.15) is 38.7 Å². The summed E-state index contributed by atoms with van der Waals surface area (Å²) in [5.41, 5.74) is 1.35. The third kappa shape index (κ3) is 7.14. The summed E-state index contributed by atoms with van der Waals surface area (Å²) in [5.74, 6) is 0.694. The monoisotopic (exact) mass is 235 g/mol. The second kappa shape index (κ2) is 8.26. The van der Waals surface area contributed by atoms with Crippen molar-refractivity contribution >= 4 is 0 Å². The lowest BCUT2D eigenvalue weighted by Crippen LogP contribution is -2.30. The molecule has 1 aromatic carbocycles. The molecule has 0 radical (unpaired) electrons. The Hall–Kier alpha value is -0.860. The summed E-state index contributed by atoms with van der Waals surface area (Å²) in [5, 5.41) is 12.9. The lowest BCUT2D eigenvalue weighted by molar-refractivity contribution is 0.124. The van der Waals surface area contributed by atoms with Crippen LogP contribution in [-0.4, -0.2) is 17.9 Å². The number of benzene rings is 1. The molecule has 2 nitrogen and oxygen atoms in total. The maximum absolute atomic E-state index is 9.73. The van der Waals surface area contributed by atoms with Gasteiger partial charge in [-0.25, -0.2) is 0 Å². The highest BCUT2D eigenvalue weighted by Gasteiger charge is 2.03. The standard InChI is InChI=1S/C15H25NO/c1-13(2)11-12-16-15(17)10-6-9-14-7-4-3-5-8-14/h3-5,7-8,13,15-17H,6,9-12H2,1-2H3. The molecule has 0 saturated heterocycles. The van der Waals surface area contributed by atoms with E-state index in [1.807, 2.05) is 6.07 Å². The van der Waals surface area contributed by atoms with Crippen molar-refractivity contribution in [2.45, 2.75) is 45.8 Å². The van der Waals surface area contributed by atoms with Crippen molar-refractivity contribution in [1.82, 2.24) is 5.32 Å². The highest BCUT2D eigenvalue weighted by atomic mass is 16.3. The lowest BCUT2D eigenvalue weighted by Gasteiger charge is -2.13. The number of hydrogen-bond acceptors (Lipinski definition) is 2. The Labute approximate surface area is 105 Å². The summed E-state index contributed by atoms with van der Waals surface area (Å²) in [6, 6.07) is 10.4. The predicted octanol–water partition coefficient (Wildman–Crippen LogP) is 2.96. The van der Waals surface area contributed by atoms with E-state index < -0.39 is 0 Å². The molecule has 17 heavy (non-hydrogen) atoms. The fourth-order valence-electron chi connectivity index (χ4n) is 1.78. The number of aliphatic hydroxyl groups excluding tert-OH is 1. The van der Waals surface area contributed by atoms with Gasteiger partial charge in [0.15, 0.2) is 0 Å². The number of rotatable bonds is 8. The Morgan fingerprint density at radius 3 is 2.47 bits per heavy atom. The van der Waals surface area contributed by atoms with E-state index in [1.54, 1.807) is 0 Å². The van der Waals surface area contributed by atoms with Crippen LogP contribution in [0.2, 0.25) is 0 Å². The second-order valence-electron chi connectivity index (χ2n) is 5.03. The van der Waals surface area contributed by atoms with Crippen LogP contribution in [0.25, 0.3) is 0 Å². The Balaban J connectivity index is 2.06. The minimum atomic E-state index is -0.350. The van der Waals surface area contributed by atoms with Crippen LogP contribution in [0.3, 0.4) is 0 Å². The number of hydrogen-bond donors (Lipinski definition) is 2. The summed E-state index contributed by atoms with van der Waals surface area (Å²) in [6.45, 7) is 5.30. The first-order valence-electron chi connectivity index (χ1n) is 6.64. The van der Waals surface area contributed by atoms with Crippen molar-refractivity contribution in [3.8, 4) is 0 Å². The Kier molecular flexibility index (Phi) is 6.90. The fourth-order valence-corrected chi connectivity index (χ4v) is 1.78. The number of aryl methyl sites for hydroxylation is 1. The third-order valence-corrected chi connectivity index (χ3v) is 2.89. The molecule has 1 unspecified atom stereocenters. The van der Waals surface area contributed by atoms with E-state index >= 15 is 0 Å². The van der Waals surface area contributed by atoms with E-state index in [4.69, 9.17) is 0 Å². The summed E-state index contributed by atoms with van der Waals surface area (Å²) in [4.78, 5) is 0. The Bertz CT molecular complexity index is 284. The molecule has 1 atom stereocenters. The van der Waals surface area contributed by atoms with Gasteiger partial charge in [-0.05, 0) is 43.7 Å². The smallest absolute Gasteiger partial charge is 0.104 e. The minimum Gasteiger partial charge on any atom is -0.379 e. The van der Waals surface area contributed by atoms with Crippen molar-refractivity contribution < 1.29 is 5.11 Å². The first-order valence-corrected chi connectivity index (χ1v) is 6.64. The van der Waals surface area contributed by atoms with Crippen LogP contribution >= 0.6 is 0 Å². The molecule has 0 spiro atoms. The van der Waals surface area contributed by atoms with Crippen molar-refractivity contribution in [3.05, 3.63) is 35.9 Å². The van der Waals surface area contributed by atoms with Crippen LogP contribution < -0.4 is 5.32 Å². The van der Waals surface area contributed by atoms with E-state index in [9.17, 15) is 5.11 Å². The van der Waals surface area contributed by atoms with E-state index in [0.29, 0.717) is 5.92 Å². The van der Waals surface area contributed by atoms with Crippen LogP contribution in [0.15, 0.2) is 30.3 Å². The van der Waals surface area contributed by atoms with Gasteiger partial charge in [0.25, 0.3) is 0 Å². The zero-order valence-electron chi connectivity index (χ0n) is 11.0. The average molecular weight is 235 g/mol. The van der Waals surface area contributed by atoms with Crippen LogP contribution in [-0.2, 0) is 6.42 Å². The lowest BCUT2D eigenvalue weighted by atomic mass is 10.1. The summed E-state index contributed by atoms with van der Waals surface area (Å²) < 4.78 is 0. The highest BCUT2D eigenvalue weighted by molar-refractivity contribution is 5.14. The first kappa shape index (κ1) is 14.2. The molecule has 1 rings (SSSR count). The largest absolute Gasteiger partial charge is 0.379 e. The van der Waals surface area contributed by atoms with Gasteiger partial charge in [0.05, 0.1) is 0 Å². The van der Waals surface area contributed by atoms with Gasteiger partial charge < -0.3 is 5.11 Å². The van der Waals surface area contributed by atoms with E-state index in [2.05, 4.69) is 43.4 Å². The normalized spacial score (nSPS) is 12.9. The zero-order valence-corrected chi connectivity index (χ0v) is 11.0. The van der Waals surface area contributed by atoms with E-state index in [-0.39, 0.29) is 6.23 Å². The number of nitrogens with one attached hydrogen (secondary N) is 1. The molecule has 0 aromatic heterocycles. The second-order valence-corrected chi connectivity index (χ2v) is 5.03. The molecule has 0 aliphatic rings. The van der Waals surface area contributed by atoms with Crippen molar-refractivity contribution in [2.75, 3.05) is 6.54 Å². The highest BCUT2D eigenvalue weighted by Crippen LogP contribution is 2.06. The third-order valence-electron chi connectivity index (χ3n) is 2.89. The van der Waals surface area contributed by atoms with Gasteiger partial charge in [-0.1, -0.05) is 44.2 Å². The number of aliphatic hydroxyl groups is 1. The van der Waals surface area contributed by atoms with Gasteiger partial charge >= 0.3 is 0 Å². The molecule has 0 saturated carbocycles. The summed E-state index contributed by atoms with van der Waals surface area (Å²) in [6.07, 6.45) is 3.67. The molecule has 0 fully saturated rings. The molecule has 2 heteroatoms. The van der Waals surface area contributed by atoms with Gasteiger partial charge in [0.2, 0.25) is 0 Å². The molecule has 1 aromatic rings. The molecule has 96 valence electrons. The van der Waals surface area contributed by atoms with Crippen molar-refractivity contribution in [2.24, 2.45) is 5.92 Å². The average Bonchev–Trinajstić information content (AvgIpc) is 2.30. The molecule has 0 aliphatic heterocycles. The molecule has 0 aliphatic carbocycles. The van der Waals surface area contributed by atoms with Crippen LogP contribution in [0.5, 0.6) is 0 Å². The molecular formula is C15H25NO. The maximum Gasteiger partial charge on any atom is 0.104 e. The molecular weight excluding hydrogens is 210 g/mol. The van der Waals surface area contributed by atoms with E-state index in [1.165, 1.54) is 5.56 Å². The van der Waals surface area contributed by atoms with Gasteiger partial charge in [-0.15, -0.1) is 0 Å². The predicted molar refractivity (Wildman–Crippen MR) is 72.8 cm³/mol. The fraction of sp³-hybridized carbons (Fsp3) is 0.600. The summed E-state index contributed by atoms with van der Waals surface area (Å²) >= 11 is 0. The molecule has 0 heterocycles. The van der Waals surface area contributed by atoms with Gasteiger partial charge in [-0.3, -0.25) is 5.32 Å². The quantitative estimate of drug-likeness (QED) is 0.679. The van der Waals surface area contributed by atoms with Gasteiger partial charge in [-0.2, -0.15) is 0 Å². The maximum atomic E-state index is 9.73. The topological polar surface area (TPSA) is 32.3 Å². The van der Waals surface area contributed by atoms with Crippen LogP contribution in [0.4, 0.5) is 0 Å². The van der Waals surface area contributed by atoms with E-state index in [0.717, 1.165) is 32.2 Å². The van der Waals surface area contributed by atoms with Crippen LogP contribution in [0, 0.1) is 5.92 Å². The zero-order chi connectivity index (χ0) is 12.5.